The number of aryl methyl sites for hydroxylation is 4. The molecule has 2 aliphatic carbocycles. The van der Waals surface area contributed by atoms with Gasteiger partial charge in [0.15, 0.2) is 0 Å². The fourth-order valence-corrected chi connectivity index (χ4v) is 7.85. The van der Waals surface area contributed by atoms with Gasteiger partial charge < -0.3 is 9.47 Å². The third-order valence-electron chi connectivity index (χ3n) is 9.74. The van der Waals surface area contributed by atoms with E-state index in [1.165, 1.54) is 12.1 Å². The fourth-order valence-electron chi connectivity index (χ4n) is 7.85. The molecule has 0 heterocycles. The Morgan fingerprint density at radius 1 is 0.521 bits per heavy atom. The molecule has 0 spiro atoms. The van der Waals surface area contributed by atoms with Gasteiger partial charge in [-0.1, -0.05) is 35.4 Å². The summed E-state index contributed by atoms with van der Waals surface area (Å²) in [4.78, 5) is 0. The number of hydrogen-bond donors (Lipinski definition) is 0. The van der Waals surface area contributed by atoms with Crippen molar-refractivity contribution in [1.82, 2.24) is 0 Å². The number of rotatable bonds is 7. The topological polar surface area (TPSA) is 18.5 Å². The lowest BCUT2D eigenvalue weighted by Gasteiger charge is -2.30. The summed E-state index contributed by atoms with van der Waals surface area (Å²) in [6, 6.07) is 12.5. The van der Waals surface area contributed by atoms with Crippen LogP contribution in [0.2, 0.25) is 0 Å². The van der Waals surface area contributed by atoms with Gasteiger partial charge in [-0.3, -0.25) is 0 Å². The highest BCUT2D eigenvalue weighted by atomic mass is 19.4. The first-order valence-corrected chi connectivity index (χ1v) is 16.6. The zero-order chi connectivity index (χ0) is 34.4. The lowest BCUT2D eigenvalue weighted by atomic mass is 9.77. The Kier molecular flexibility index (Phi) is 9.31. The Morgan fingerprint density at radius 3 is 1.25 bits per heavy atom. The maximum absolute atomic E-state index is 13.8. The quantitative estimate of drug-likeness (QED) is 0.183. The molecule has 4 aromatic rings. The van der Waals surface area contributed by atoms with E-state index in [0.717, 1.165) is 108 Å². The van der Waals surface area contributed by atoms with Crippen LogP contribution in [-0.4, -0.2) is 14.2 Å². The van der Waals surface area contributed by atoms with Crippen LogP contribution in [0.25, 0.3) is 11.1 Å². The van der Waals surface area contributed by atoms with Crippen molar-refractivity contribution in [3.63, 3.8) is 0 Å². The van der Waals surface area contributed by atoms with Crippen LogP contribution in [0, 0.1) is 13.8 Å². The lowest BCUT2D eigenvalue weighted by molar-refractivity contribution is -0.138. The highest BCUT2D eigenvalue weighted by Gasteiger charge is 2.33. The van der Waals surface area contributed by atoms with Crippen LogP contribution in [0.3, 0.4) is 0 Å². The van der Waals surface area contributed by atoms with Crippen molar-refractivity contribution < 1.29 is 35.8 Å². The maximum atomic E-state index is 13.8. The number of halogens is 6. The Morgan fingerprint density at radius 2 is 0.896 bits per heavy atom. The van der Waals surface area contributed by atoms with Crippen molar-refractivity contribution in [2.45, 2.75) is 90.4 Å². The van der Waals surface area contributed by atoms with Gasteiger partial charge in [0.2, 0.25) is 0 Å². The van der Waals surface area contributed by atoms with Crippen LogP contribution in [-0.2, 0) is 50.9 Å². The second kappa shape index (κ2) is 13.2. The van der Waals surface area contributed by atoms with Crippen molar-refractivity contribution in [2.24, 2.45) is 0 Å². The number of benzene rings is 4. The first-order valence-electron chi connectivity index (χ1n) is 16.6. The molecule has 0 bridgehead atoms. The monoisotopic (exact) mass is 666 g/mol. The molecule has 6 rings (SSSR count). The van der Waals surface area contributed by atoms with E-state index in [1.807, 2.05) is 0 Å². The highest BCUT2D eigenvalue weighted by Crippen LogP contribution is 2.50. The molecule has 0 aromatic heterocycles. The average Bonchev–Trinajstić information content (AvgIpc) is 3.02. The molecule has 2 nitrogen and oxygen atoms in total. The van der Waals surface area contributed by atoms with E-state index in [4.69, 9.17) is 9.47 Å². The molecule has 0 radical (unpaired) electrons. The SMILES string of the molecule is COc1c(Cc2cc(C)cc(C(F)(F)F)c2)cc2c(c1-c1c3c(cc(Cc4cc(C)cc(C(F)(F)F)c4)c1OC)CCCC3)CCCC2. The number of methoxy groups -OCH3 is 2. The Bertz CT molecular complexity index is 1720. The van der Waals surface area contributed by atoms with Crippen LogP contribution >= 0.6 is 0 Å². The third-order valence-corrected chi connectivity index (χ3v) is 9.74. The largest absolute Gasteiger partial charge is 0.496 e. The minimum atomic E-state index is -4.46. The van der Waals surface area contributed by atoms with Crippen LogP contribution < -0.4 is 9.47 Å². The molecule has 4 aromatic carbocycles. The van der Waals surface area contributed by atoms with Gasteiger partial charge in [-0.25, -0.2) is 0 Å². The van der Waals surface area contributed by atoms with E-state index in [1.54, 1.807) is 40.2 Å². The summed E-state index contributed by atoms with van der Waals surface area (Å²) in [5, 5.41) is 0. The highest BCUT2D eigenvalue weighted by molar-refractivity contribution is 5.86. The van der Waals surface area contributed by atoms with Crippen LogP contribution in [0.15, 0.2) is 48.5 Å². The van der Waals surface area contributed by atoms with Gasteiger partial charge in [-0.15, -0.1) is 0 Å². The van der Waals surface area contributed by atoms with Gasteiger partial charge in [-0.2, -0.15) is 26.3 Å². The number of ether oxygens (including phenoxy) is 2. The van der Waals surface area contributed by atoms with Gasteiger partial charge in [0.1, 0.15) is 11.5 Å². The zero-order valence-corrected chi connectivity index (χ0v) is 27.8. The minimum absolute atomic E-state index is 0.252. The van der Waals surface area contributed by atoms with Crippen molar-refractivity contribution in [1.29, 1.82) is 0 Å². The van der Waals surface area contributed by atoms with Crippen LogP contribution in [0.5, 0.6) is 11.5 Å². The van der Waals surface area contributed by atoms with E-state index < -0.39 is 23.5 Å². The van der Waals surface area contributed by atoms with E-state index in [0.29, 0.717) is 33.8 Å². The second-order valence-electron chi connectivity index (χ2n) is 13.3. The van der Waals surface area contributed by atoms with Crippen molar-refractivity contribution >= 4 is 0 Å². The predicted molar refractivity (Wildman–Crippen MR) is 176 cm³/mol. The number of hydrogen-bond acceptors (Lipinski definition) is 2. The molecule has 2 aliphatic rings. The summed E-state index contributed by atoms with van der Waals surface area (Å²) >= 11 is 0. The number of fused-ring (bicyclic) bond motifs is 2. The van der Waals surface area contributed by atoms with E-state index in [9.17, 15) is 26.3 Å². The summed E-state index contributed by atoms with van der Waals surface area (Å²) in [5.41, 5.74) is 8.84. The minimum Gasteiger partial charge on any atom is -0.496 e. The molecule has 0 amide bonds. The summed E-state index contributed by atoms with van der Waals surface area (Å²) in [6.07, 6.45) is -1.11. The Hall–Kier alpha value is -3.94. The molecule has 8 heteroatoms. The van der Waals surface area contributed by atoms with Gasteiger partial charge in [-0.05, 0) is 134 Å². The standard InChI is InChI=1S/C40H40F6O2/c1-23-13-25(19-31(15-23)39(41,42)43)17-29-21-27-9-5-7-11-33(27)35(37(29)47-3)36-34-12-8-6-10-28(34)22-30(38(36)48-4)18-26-14-24(2)16-32(20-26)40(44,45)46/h13-16,19-22H,5-12,17-18H2,1-4H3. The first-order chi connectivity index (χ1) is 22.8. The van der Waals surface area contributed by atoms with E-state index in [2.05, 4.69) is 12.1 Å². The molecule has 0 saturated carbocycles. The zero-order valence-electron chi connectivity index (χ0n) is 27.8. The van der Waals surface area contributed by atoms with Crippen LogP contribution in [0.4, 0.5) is 26.3 Å². The van der Waals surface area contributed by atoms with Gasteiger partial charge in [0.25, 0.3) is 0 Å². The normalized spacial score (nSPS) is 14.8. The van der Waals surface area contributed by atoms with E-state index in [-0.39, 0.29) is 12.8 Å². The molecule has 0 atom stereocenters. The smallest absolute Gasteiger partial charge is 0.416 e. The Balaban J connectivity index is 1.58. The summed E-state index contributed by atoms with van der Waals surface area (Å²) in [7, 11) is 3.20. The average molecular weight is 667 g/mol. The van der Waals surface area contributed by atoms with Crippen LogP contribution in [0.1, 0.15) is 92.4 Å². The van der Waals surface area contributed by atoms with Crippen molar-refractivity contribution in [2.75, 3.05) is 14.2 Å². The molecule has 48 heavy (non-hydrogen) atoms. The second-order valence-corrected chi connectivity index (χ2v) is 13.3. The molecule has 0 fully saturated rings. The molecule has 0 N–H and O–H groups in total. The summed E-state index contributed by atoms with van der Waals surface area (Å²) < 4.78 is 95.2. The lowest BCUT2D eigenvalue weighted by Crippen LogP contribution is -2.14. The van der Waals surface area contributed by atoms with E-state index >= 15 is 0 Å². The fraction of sp³-hybridized carbons (Fsp3) is 0.400. The predicted octanol–water partition coefficient (Wildman–Crippen LogP) is 11.0. The van der Waals surface area contributed by atoms with Gasteiger partial charge in [0, 0.05) is 24.0 Å². The molecular weight excluding hydrogens is 626 g/mol. The number of alkyl halides is 6. The molecule has 254 valence electrons. The summed E-state index contributed by atoms with van der Waals surface area (Å²) in [5.74, 6) is 1.23. The Labute approximate surface area is 278 Å². The van der Waals surface area contributed by atoms with Gasteiger partial charge >= 0.3 is 12.4 Å². The molecular formula is C40H40F6O2. The maximum Gasteiger partial charge on any atom is 0.416 e. The van der Waals surface area contributed by atoms with Crippen molar-refractivity contribution in [3.05, 3.63) is 115 Å². The van der Waals surface area contributed by atoms with Crippen molar-refractivity contribution in [3.8, 4) is 22.6 Å². The van der Waals surface area contributed by atoms with Gasteiger partial charge in [0.05, 0.1) is 25.3 Å². The third kappa shape index (κ3) is 6.81. The first kappa shape index (κ1) is 33.9. The summed E-state index contributed by atoms with van der Waals surface area (Å²) in [6.45, 7) is 3.34. The molecule has 0 unspecified atom stereocenters. The molecule has 0 saturated heterocycles. The molecule has 0 aliphatic heterocycles.